The van der Waals surface area contributed by atoms with Crippen LogP contribution in [0, 0.1) is 17.3 Å². The highest BCUT2D eigenvalue weighted by Crippen LogP contribution is 2.59. The number of esters is 1. The molecule has 0 aromatic carbocycles. The largest absolute Gasteiger partial charge is 0.457 e. The summed E-state index contributed by atoms with van der Waals surface area (Å²) in [6.07, 6.45) is 6.46. The average Bonchev–Trinajstić information content (AvgIpc) is 2.91. The Morgan fingerprint density at radius 2 is 2.04 bits per heavy atom. The Kier molecular flexibility index (Phi) is 4.79. The third-order valence-electron chi connectivity index (χ3n) is 5.13. The molecule has 0 radical (unpaired) electrons. The highest BCUT2D eigenvalue weighted by atomic mass is 16.5. The average molecular weight is 314 g/mol. The van der Waals surface area contributed by atoms with Gasteiger partial charge in [0.2, 0.25) is 0 Å². The fourth-order valence-corrected chi connectivity index (χ4v) is 3.49. The fraction of sp³-hybridized carbons (Fsp3) is 0.500. The zero-order chi connectivity index (χ0) is 17.4. The second kappa shape index (κ2) is 6.31. The van der Waals surface area contributed by atoms with Crippen LogP contribution in [0.5, 0.6) is 0 Å². The molecule has 3 heteroatoms. The molecule has 2 aliphatic rings. The predicted octanol–water partition coefficient (Wildman–Crippen LogP) is 4.17. The molecule has 1 unspecified atom stereocenters. The number of ketones is 1. The molecule has 23 heavy (non-hydrogen) atoms. The van der Waals surface area contributed by atoms with Crippen molar-refractivity contribution in [2.24, 2.45) is 17.3 Å². The summed E-state index contributed by atoms with van der Waals surface area (Å²) in [6, 6.07) is 0. The van der Waals surface area contributed by atoms with E-state index in [0.717, 1.165) is 23.1 Å². The fourth-order valence-electron chi connectivity index (χ4n) is 3.49. The van der Waals surface area contributed by atoms with Gasteiger partial charge in [-0.25, -0.2) is 0 Å². The van der Waals surface area contributed by atoms with Gasteiger partial charge < -0.3 is 4.74 Å². The van der Waals surface area contributed by atoms with E-state index in [1.54, 1.807) is 6.08 Å². The van der Waals surface area contributed by atoms with E-state index in [1.165, 1.54) is 6.92 Å². The number of hydrogen-bond donors (Lipinski definition) is 0. The molecular formula is C20H26O3. The lowest BCUT2D eigenvalue weighted by Gasteiger charge is -2.14. The van der Waals surface area contributed by atoms with E-state index in [4.69, 9.17) is 4.74 Å². The minimum absolute atomic E-state index is 0.000228. The second-order valence-corrected chi connectivity index (χ2v) is 7.18. The molecule has 0 aromatic heterocycles. The summed E-state index contributed by atoms with van der Waals surface area (Å²) < 4.78 is 5.76. The van der Waals surface area contributed by atoms with Crippen LogP contribution in [0.1, 0.15) is 40.5 Å². The standard InChI is InChI=1S/C20H26O3/c1-7-8-15-12(2)11-17(14(15)4)23-19(22)18-16(20(18,5)6)10-9-13(3)21/h7,9-10,16-18H,1-2,8,11H2,3-6H3/t16-,17?,18-/m0/s1. The second-order valence-electron chi connectivity index (χ2n) is 7.18. The molecule has 0 heterocycles. The summed E-state index contributed by atoms with van der Waals surface area (Å²) in [5.74, 6) is -0.284. The van der Waals surface area contributed by atoms with Crippen LogP contribution >= 0.6 is 0 Å². The van der Waals surface area contributed by atoms with Crippen molar-refractivity contribution in [2.45, 2.75) is 46.6 Å². The Hall–Kier alpha value is -1.90. The first-order valence-electron chi connectivity index (χ1n) is 8.08. The number of hydrogen-bond acceptors (Lipinski definition) is 3. The monoisotopic (exact) mass is 314 g/mol. The first-order chi connectivity index (χ1) is 10.7. The lowest BCUT2D eigenvalue weighted by atomic mass is 10.1. The van der Waals surface area contributed by atoms with Crippen molar-refractivity contribution >= 4 is 11.8 Å². The Labute approximate surface area is 138 Å². The summed E-state index contributed by atoms with van der Waals surface area (Å²) in [6.45, 7) is 15.4. The molecule has 1 saturated carbocycles. The van der Waals surface area contributed by atoms with Crippen molar-refractivity contribution in [3.63, 3.8) is 0 Å². The Balaban J connectivity index is 2.05. The van der Waals surface area contributed by atoms with E-state index in [0.29, 0.717) is 6.42 Å². The Bertz CT molecular complexity index is 619. The van der Waals surface area contributed by atoms with Crippen LogP contribution in [0.25, 0.3) is 0 Å². The zero-order valence-electron chi connectivity index (χ0n) is 14.5. The van der Waals surface area contributed by atoms with Crippen molar-refractivity contribution < 1.29 is 14.3 Å². The van der Waals surface area contributed by atoms with Crippen molar-refractivity contribution in [2.75, 3.05) is 0 Å². The van der Waals surface area contributed by atoms with Crippen LogP contribution in [-0.4, -0.2) is 17.9 Å². The Morgan fingerprint density at radius 3 is 2.61 bits per heavy atom. The molecule has 0 spiro atoms. The molecule has 2 rings (SSSR count). The van der Waals surface area contributed by atoms with Crippen molar-refractivity contribution in [1.82, 2.24) is 0 Å². The number of carbonyl (C=O) groups is 2. The molecule has 1 fully saturated rings. The zero-order valence-corrected chi connectivity index (χ0v) is 14.5. The summed E-state index contributed by atoms with van der Waals surface area (Å²) in [5, 5.41) is 0. The van der Waals surface area contributed by atoms with Gasteiger partial charge in [0.25, 0.3) is 0 Å². The van der Waals surface area contributed by atoms with Gasteiger partial charge in [-0.2, -0.15) is 0 Å². The highest BCUT2D eigenvalue weighted by Gasteiger charge is 2.61. The van der Waals surface area contributed by atoms with Crippen LogP contribution in [-0.2, 0) is 14.3 Å². The van der Waals surface area contributed by atoms with E-state index < -0.39 is 0 Å². The maximum atomic E-state index is 12.5. The number of rotatable bonds is 6. The van der Waals surface area contributed by atoms with Gasteiger partial charge in [-0.3, -0.25) is 9.59 Å². The van der Waals surface area contributed by atoms with Gasteiger partial charge in [-0.15, -0.1) is 6.58 Å². The number of carbonyl (C=O) groups excluding carboxylic acids is 2. The molecule has 2 aliphatic carbocycles. The lowest BCUT2D eigenvalue weighted by Crippen LogP contribution is -2.20. The van der Waals surface area contributed by atoms with Crippen LogP contribution in [0.2, 0.25) is 0 Å². The van der Waals surface area contributed by atoms with E-state index in [1.807, 2.05) is 32.9 Å². The van der Waals surface area contributed by atoms with Gasteiger partial charge in [0.1, 0.15) is 6.10 Å². The Morgan fingerprint density at radius 1 is 1.39 bits per heavy atom. The molecule has 0 bridgehead atoms. The third-order valence-corrected chi connectivity index (χ3v) is 5.13. The normalized spacial score (nSPS) is 29.0. The molecule has 0 N–H and O–H groups in total. The predicted molar refractivity (Wildman–Crippen MR) is 91.7 cm³/mol. The van der Waals surface area contributed by atoms with Gasteiger partial charge >= 0.3 is 5.97 Å². The quantitative estimate of drug-likeness (QED) is 0.420. The third kappa shape index (κ3) is 3.39. The summed E-state index contributed by atoms with van der Waals surface area (Å²) in [4.78, 5) is 23.6. The van der Waals surface area contributed by atoms with E-state index in [-0.39, 0.29) is 35.1 Å². The van der Waals surface area contributed by atoms with Crippen molar-refractivity contribution in [3.05, 3.63) is 48.1 Å². The minimum atomic E-state index is -0.209. The van der Waals surface area contributed by atoms with Gasteiger partial charge in [-0.1, -0.05) is 32.6 Å². The summed E-state index contributed by atoms with van der Waals surface area (Å²) in [7, 11) is 0. The smallest absolute Gasteiger partial charge is 0.310 e. The van der Waals surface area contributed by atoms with Crippen LogP contribution < -0.4 is 0 Å². The molecule has 3 atom stereocenters. The number of allylic oxidation sites excluding steroid dienone is 4. The molecule has 0 amide bonds. The topological polar surface area (TPSA) is 43.4 Å². The first kappa shape index (κ1) is 17.5. The van der Waals surface area contributed by atoms with Crippen molar-refractivity contribution in [3.8, 4) is 0 Å². The van der Waals surface area contributed by atoms with Crippen LogP contribution in [0.4, 0.5) is 0 Å². The van der Waals surface area contributed by atoms with Crippen LogP contribution in [0.15, 0.2) is 48.1 Å². The minimum Gasteiger partial charge on any atom is -0.457 e. The maximum Gasteiger partial charge on any atom is 0.310 e. The molecule has 0 aliphatic heterocycles. The van der Waals surface area contributed by atoms with Gasteiger partial charge in [0.05, 0.1) is 5.92 Å². The van der Waals surface area contributed by atoms with Gasteiger partial charge in [0.15, 0.2) is 5.78 Å². The summed E-state index contributed by atoms with van der Waals surface area (Å²) >= 11 is 0. The van der Waals surface area contributed by atoms with E-state index in [2.05, 4.69) is 13.2 Å². The molecule has 3 nitrogen and oxygen atoms in total. The lowest BCUT2D eigenvalue weighted by molar-refractivity contribution is -0.149. The van der Waals surface area contributed by atoms with E-state index in [9.17, 15) is 9.59 Å². The molecular weight excluding hydrogens is 288 g/mol. The number of ether oxygens (including phenoxy) is 1. The highest BCUT2D eigenvalue weighted by molar-refractivity contribution is 5.87. The van der Waals surface area contributed by atoms with Gasteiger partial charge in [0, 0.05) is 6.42 Å². The maximum absolute atomic E-state index is 12.5. The molecule has 124 valence electrons. The first-order valence-corrected chi connectivity index (χ1v) is 8.08. The molecule has 0 saturated heterocycles. The molecule has 0 aromatic rings. The van der Waals surface area contributed by atoms with Crippen molar-refractivity contribution in [1.29, 1.82) is 0 Å². The van der Waals surface area contributed by atoms with E-state index >= 15 is 0 Å². The van der Waals surface area contributed by atoms with Crippen LogP contribution in [0.3, 0.4) is 0 Å². The van der Waals surface area contributed by atoms with Gasteiger partial charge in [-0.05, 0) is 54.4 Å². The summed E-state index contributed by atoms with van der Waals surface area (Å²) in [5.41, 5.74) is 3.11. The SMILES string of the molecule is C=CCC1=C(C)C(OC(=O)[C@@H]2[C@H](C=CC(C)=O)C2(C)C)CC1=C.